The lowest BCUT2D eigenvalue weighted by molar-refractivity contribution is -0.120. The van der Waals surface area contributed by atoms with E-state index >= 15 is 0 Å². The number of piperidine rings is 1. The fraction of sp³-hybridized carbons (Fsp3) is 0.636. The Hall–Kier alpha value is -2.28. The lowest BCUT2D eigenvalue weighted by Gasteiger charge is -2.31. The fourth-order valence-corrected chi connectivity index (χ4v) is 3.88. The fourth-order valence-electron chi connectivity index (χ4n) is 3.88. The van der Waals surface area contributed by atoms with Gasteiger partial charge in [-0.25, -0.2) is 0 Å². The molecular formula is C22H31N3O4. The molecule has 1 aliphatic carbocycles. The molecule has 0 radical (unpaired) electrons. The summed E-state index contributed by atoms with van der Waals surface area (Å²) < 4.78 is 17.8. The number of anilines is 1. The van der Waals surface area contributed by atoms with Crippen molar-refractivity contribution in [1.29, 1.82) is 0 Å². The minimum atomic E-state index is -0.0246. The van der Waals surface area contributed by atoms with Crippen molar-refractivity contribution in [1.82, 2.24) is 10.3 Å². The van der Waals surface area contributed by atoms with Gasteiger partial charge in [0.25, 0.3) is 6.01 Å². The van der Waals surface area contributed by atoms with Gasteiger partial charge >= 0.3 is 0 Å². The highest BCUT2D eigenvalue weighted by atomic mass is 16.5. The lowest BCUT2D eigenvalue weighted by Crippen LogP contribution is -2.40. The molecule has 1 unspecified atom stereocenters. The monoisotopic (exact) mass is 401 g/mol. The number of aromatic nitrogens is 1. The molecule has 2 heterocycles. The van der Waals surface area contributed by atoms with Crippen molar-refractivity contribution in [3.8, 4) is 5.75 Å². The third-order valence-electron chi connectivity index (χ3n) is 5.80. The number of rotatable bonds is 8. The largest absolute Gasteiger partial charge is 0.493 e. The highest BCUT2D eigenvalue weighted by Gasteiger charge is 2.24. The first-order valence-electron chi connectivity index (χ1n) is 10.7. The van der Waals surface area contributed by atoms with Gasteiger partial charge in [0.05, 0.1) is 19.3 Å². The summed E-state index contributed by atoms with van der Waals surface area (Å²) in [5.41, 5.74) is 1.63. The summed E-state index contributed by atoms with van der Waals surface area (Å²) in [5, 5.41) is 2.85. The number of fused-ring (bicyclic) bond motifs is 1. The van der Waals surface area contributed by atoms with Crippen molar-refractivity contribution in [3.63, 3.8) is 0 Å². The van der Waals surface area contributed by atoms with Crippen LogP contribution in [0.2, 0.25) is 0 Å². The first kappa shape index (κ1) is 20.0. The van der Waals surface area contributed by atoms with Crippen LogP contribution in [-0.2, 0) is 9.53 Å². The van der Waals surface area contributed by atoms with Crippen LogP contribution in [0.15, 0.2) is 22.6 Å². The molecule has 1 atom stereocenters. The zero-order valence-corrected chi connectivity index (χ0v) is 17.4. The molecule has 2 aromatic rings. The number of benzene rings is 1. The standard InChI is InChI=1S/C22H31N3O4/c1-15(23-16(2)26)13-27-18-8-10-25(11-9-18)22-24-20-12-19(6-7-21(20)29-22)28-14-17-4-3-5-17/h6-7,12,15,17-18H,3-5,8-11,13-14H2,1-2H3,(H,23,26). The molecule has 2 aliphatic rings. The van der Waals surface area contributed by atoms with E-state index in [1.165, 1.54) is 26.2 Å². The Labute approximate surface area is 171 Å². The Morgan fingerprint density at radius 3 is 2.79 bits per heavy atom. The third kappa shape index (κ3) is 5.21. The molecule has 1 N–H and O–H groups in total. The first-order valence-corrected chi connectivity index (χ1v) is 10.7. The molecule has 7 nitrogen and oxygen atoms in total. The van der Waals surface area contributed by atoms with E-state index in [9.17, 15) is 4.79 Å². The Bertz CT molecular complexity index is 825. The van der Waals surface area contributed by atoms with Crippen LogP contribution in [0, 0.1) is 5.92 Å². The highest BCUT2D eigenvalue weighted by molar-refractivity contribution is 5.76. The van der Waals surface area contributed by atoms with Gasteiger partial charge in [-0.15, -0.1) is 0 Å². The molecule has 1 amide bonds. The Morgan fingerprint density at radius 2 is 2.10 bits per heavy atom. The van der Waals surface area contributed by atoms with Gasteiger partial charge in [-0.05, 0) is 50.7 Å². The van der Waals surface area contributed by atoms with Crippen LogP contribution < -0.4 is 15.0 Å². The van der Waals surface area contributed by atoms with Gasteiger partial charge in [-0.3, -0.25) is 4.79 Å². The molecule has 2 fully saturated rings. The Morgan fingerprint density at radius 1 is 1.31 bits per heavy atom. The topological polar surface area (TPSA) is 76.8 Å². The molecule has 29 heavy (non-hydrogen) atoms. The summed E-state index contributed by atoms with van der Waals surface area (Å²) in [6, 6.07) is 6.58. The van der Waals surface area contributed by atoms with E-state index in [1.807, 2.05) is 25.1 Å². The average Bonchev–Trinajstić information content (AvgIpc) is 3.08. The van der Waals surface area contributed by atoms with Gasteiger partial charge in [-0.2, -0.15) is 4.98 Å². The number of oxazole rings is 1. The van der Waals surface area contributed by atoms with Gasteiger partial charge in [0.15, 0.2) is 5.58 Å². The van der Waals surface area contributed by atoms with Crippen molar-refractivity contribution in [3.05, 3.63) is 18.2 Å². The van der Waals surface area contributed by atoms with E-state index in [1.54, 1.807) is 0 Å². The predicted octanol–water partition coefficient (Wildman–Crippen LogP) is 3.52. The molecule has 1 aromatic carbocycles. The van der Waals surface area contributed by atoms with E-state index in [2.05, 4.69) is 15.2 Å². The van der Waals surface area contributed by atoms with E-state index in [0.29, 0.717) is 18.5 Å². The maximum Gasteiger partial charge on any atom is 0.298 e. The summed E-state index contributed by atoms with van der Waals surface area (Å²) in [6.07, 6.45) is 5.93. The van der Waals surface area contributed by atoms with E-state index in [0.717, 1.165) is 49.4 Å². The summed E-state index contributed by atoms with van der Waals surface area (Å²) in [7, 11) is 0. The second-order valence-corrected chi connectivity index (χ2v) is 8.36. The van der Waals surface area contributed by atoms with Gasteiger partial charge < -0.3 is 24.1 Å². The molecule has 1 aromatic heterocycles. The van der Waals surface area contributed by atoms with E-state index in [4.69, 9.17) is 13.9 Å². The smallest absolute Gasteiger partial charge is 0.298 e. The lowest BCUT2D eigenvalue weighted by atomic mass is 9.86. The number of ether oxygens (including phenoxy) is 2. The maximum absolute atomic E-state index is 11.1. The third-order valence-corrected chi connectivity index (χ3v) is 5.80. The van der Waals surface area contributed by atoms with Gasteiger partial charge in [0.1, 0.15) is 11.3 Å². The van der Waals surface area contributed by atoms with Crippen LogP contribution in [0.3, 0.4) is 0 Å². The molecule has 1 aliphatic heterocycles. The molecule has 1 saturated carbocycles. The Balaban J connectivity index is 1.28. The average molecular weight is 402 g/mol. The van der Waals surface area contributed by atoms with Crippen molar-refractivity contribution in [2.45, 2.75) is 58.1 Å². The molecule has 158 valence electrons. The van der Waals surface area contributed by atoms with Crippen LogP contribution >= 0.6 is 0 Å². The quantitative estimate of drug-likeness (QED) is 0.729. The zero-order chi connectivity index (χ0) is 20.2. The molecule has 0 bridgehead atoms. The number of nitrogens with one attached hydrogen (secondary N) is 1. The van der Waals surface area contributed by atoms with Crippen molar-refractivity contribution in [2.24, 2.45) is 5.92 Å². The van der Waals surface area contributed by atoms with Gasteiger partial charge in [-0.1, -0.05) is 6.42 Å². The summed E-state index contributed by atoms with van der Waals surface area (Å²) in [6.45, 7) is 6.51. The summed E-state index contributed by atoms with van der Waals surface area (Å²) in [4.78, 5) is 17.9. The van der Waals surface area contributed by atoms with Gasteiger partial charge in [0, 0.05) is 32.1 Å². The summed E-state index contributed by atoms with van der Waals surface area (Å²) >= 11 is 0. The van der Waals surface area contributed by atoms with Crippen molar-refractivity contribution >= 4 is 23.0 Å². The SMILES string of the molecule is CC(=O)NC(C)COC1CCN(c2nc3cc(OCC4CCC4)ccc3o2)CC1. The maximum atomic E-state index is 11.1. The number of hydrogen-bond acceptors (Lipinski definition) is 6. The van der Waals surface area contributed by atoms with Crippen molar-refractivity contribution < 1.29 is 18.7 Å². The van der Waals surface area contributed by atoms with Crippen LogP contribution in [0.5, 0.6) is 5.75 Å². The number of hydrogen-bond donors (Lipinski definition) is 1. The van der Waals surface area contributed by atoms with Gasteiger partial charge in [0.2, 0.25) is 5.91 Å². The minimum Gasteiger partial charge on any atom is -0.493 e. The minimum absolute atomic E-state index is 0.0246. The number of nitrogens with zero attached hydrogens (tertiary/aromatic N) is 2. The Kier molecular flexibility index (Phi) is 6.23. The molecular weight excluding hydrogens is 370 g/mol. The molecule has 7 heteroatoms. The van der Waals surface area contributed by atoms with Crippen LogP contribution in [0.25, 0.3) is 11.1 Å². The zero-order valence-electron chi connectivity index (χ0n) is 17.4. The van der Waals surface area contributed by atoms with Crippen LogP contribution in [0.4, 0.5) is 6.01 Å². The van der Waals surface area contributed by atoms with Crippen LogP contribution in [-0.4, -0.2) is 49.3 Å². The summed E-state index contributed by atoms with van der Waals surface area (Å²) in [5.74, 6) is 1.55. The number of carbonyl (C=O) groups is 1. The normalized spacial score (nSPS) is 19.2. The molecule has 1 saturated heterocycles. The van der Waals surface area contributed by atoms with Crippen molar-refractivity contribution in [2.75, 3.05) is 31.2 Å². The van der Waals surface area contributed by atoms with E-state index in [-0.39, 0.29) is 18.1 Å². The predicted molar refractivity (Wildman–Crippen MR) is 111 cm³/mol. The first-order chi connectivity index (χ1) is 14.1. The van der Waals surface area contributed by atoms with E-state index < -0.39 is 0 Å². The highest BCUT2D eigenvalue weighted by Crippen LogP contribution is 2.30. The number of carbonyl (C=O) groups excluding carboxylic acids is 1. The van der Waals surface area contributed by atoms with Crippen LogP contribution in [0.1, 0.15) is 46.0 Å². The number of amides is 1. The molecule has 0 spiro atoms. The second-order valence-electron chi connectivity index (χ2n) is 8.36. The second kappa shape index (κ2) is 9.03. The molecule has 4 rings (SSSR count).